The van der Waals surface area contributed by atoms with Gasteiger partial charge in [-0.05, 0) is 63.4 Å². The van der Waals surface area contributed by atoms with Gasteiger partial charge in [-0.15, -0.1) is 0 Å². The highest BCUT2D eigenvalue weighted by Gasteiger charge is 2.37. The van der Waals surface area contributed by atoms with Crippen molar-refractivity contribution in [2.45, 2.75) is 32.2 Å². The van der Waals surface area contributed by atoms with E-state index in [0.29, 0.717) is 5.92 Å². The molecule has 1 atom stereocenters. The van der Waals surface area contributed by atoms with Crippen LogP contribution in [0, 0.1) is 5.92 Å². The third-order valence-electron chi connectivity index (χ3n) is 4.05. The van der Waals surface area contributed by atoms with Crippen LogP contribution in [-0.2, 0) is 0 Å². The van der Waals surface area contributed by atoms with Crippen molar-refractivity contribution in [1.82, 2.24) is 0 Å². The first kappa shape index (κ1) is 12.7. The molecular weight excluding hydrogens is 232 g/mol. The Balaban J connectivity index is 2.27. The van der Waals surface area contributed by atoms with Crippen LogP contribution in [0.2, 0.25) is 5.02 Å². The van der Waals surface area contributed by atoms with Gasteiger partial charge in [0.15, 0.2) is 0 Å². The van der Waals surface area contributed by atoms with Gasteiger partial charge in [-0.3, -0.25) is 0 Å². The van der Waals surface area contributed by atoms with Gasteiger partial charge in [0.2, 0.25) is 0 Å². The fourth-order valence-corrected chi connectivity index (χ4v) is 2.97. The molecule has 1 aliphatic heterocycles. The van der Waals surface area contributed by atoms with E-state index < -0.39 is 0 Å². The summed E-state index contributed by atoms with van der Waals surface area (Å²) in [5.74, 6) is 0.562. The van der Waals surface area contributed by atoms with Crippen molar-refractivity contribution in [2.75, 3.05) is 18.0 Å². The lowest BCUT2D eigenvalue weighted by Gasteiger charge is -2.49. The number of hydrogen-bond donors (Lipinski definition) is 1. The van der Waals surface area contributed by atoms with Gasteiger partial charge >= 0.3 is 0 Å². The summed E-state index contributed by atoms with van der Waals surface area (Å²) in [5, 5.41) is 0.791. The van der Waals surface area contributed by atoms with Crippen LogP contribution in [0.1, 0.15) is 26.7 Å². The van der Waals surface area contributed by atoms with Crippen molar-refractivity contribution in [3.05, 3.63) is 29.3 Å². The summed E-state index contributed by atoms with van der Waals surface area (Å²) in [5.41, 5.74) is 7.27. The Morgan fingerprint density at radius 1 is 1.35 bits per heavy atom. The molecule has 1 aromatic carbocycles. The Labute approximate surface area is 109 Å². The maximum atomic E-state index is 5.94. The van der Waals surface area contributed by atoms with Gasteiger partial charge in [0, 0.05) is 22.8 Å². The second kappa shape index (κ2) is 4.87. The first-order valence-corrected chi connectivity index (χ1v) is 6.67. The molecule has 1 fully saturated rings. The first-order chi connectivity index (χ1) is 8.05. The van der Waals surface area contributed by atoms with Gasteiger partial charge in [0.1, 0.15) is 0 Å². The van der Waals surface area contributed by atoms with E-state index in [2.05, 4.69) is 30.9 Å². The van der Waals surface area contributed by atoms with Crippen molar-refractivity contribution >= 4 is 17.3 Å². The predicted octanol–water partition coefficient (Wildman–Crippen LogP) is 3.29. The molecule has 0 bridgehead atoms. The van der Waals surface area contributed by atoms with Crippen molar-refractivity contribution in [3.63, 3.8) is 0 Å². The van der Waals surface area contributed by atoms with Crippen molar-refractivity contribution in [1.29, 1.82) is 0 Å². The van der Waals surface area contributed by atoms with Gasteiger partial charge in [0.05, 0.1) is 0 Å². The Morgan fingerprint density at radius 3 is 2.59 bits per heavy atom. The second-order valence-corrected chi connectivity index (χ2v) is 5.79. The molecule has 2 rings (SSSR count). The van der Waals surface area contributed by atoms with Gasteiger partial charge in [-0.25, -0.2) is 0 Å². The molecule has 1 saturated heterocycles. The molecular formula is C14H21ClN2. The molecule has 1 unspecified atom stereocenters. The average molecular weight is 253 g/mol. The summed E-state index contributed by atoms with van der Waals surface area (Å²) in [6, 6.07) is 8.12. The number of halogens is 1. The molecule has 0 aromatic heterocycles. The zero-order valence-corrected chi connectivity index (χ0v) is 11.4. The summed E-state index contributed by atoms with van der Waals surface area (Å²) >= 11 is 5.94. The number of piperidine rings is 1. The van der Waals surface area contributed by atoms with Crippen molar-refractivity contribution in [2.24, 2.45) is 11.7 Å². The number of nitrogens with zero attached hydrogens (tertiary/aromatic N) is 1. The van der Waals surface area contributed by atoms with Crippen LogP contribution >= 0.6 is 11.6 Å². The Morgan fingerprint density at radius 2 is 2.00 bits per heavy atom. The van der Waals surface area contributed by atoms with E-state index in [9.17, 15) is 0 Å². The van der Waals surface area contributed by atoms with Gasteiger partial charge < -0.3 is 10.6 Å². The van der Waals surface area contributed by atoms with Crippen LogP contribution in [0.5, 0.6) is 0 Å². The van der Waals surface area contributed by atoms with Crippen LogP contribution in [0.15, 0.2) is 24.3 Å². The van der Waals surface area contributed by atoms with Crippen molar-refractivity contribution < 1.29 is 0 Å². The monoisotopic (exact) mass is 252 g/mol. The topological polar surface area (TPSA) is 29.3 Å². The molecule has 0 saturated carbocycles. The van der Waals surface area contributed by atoms with E-state index in [1.165, 1.54) is 18.5 Å². The van der Waals surface area contributed by atoms with Gasteiger partial charge in [-0.2, -0.15) is 0 Å². The van der Waals surface area contributed by atoms with Crippen LogP contribution < -0.4 is 10.6 Å². The SMILES string of the molecule is CC1(C)C(CN)CCCN1c1ccc(Cl)cc1. The van der Waals surface area contributed by atoms with Gasteiger partial charge in [0.25, 0.3) is 0 Å². The normalized spacial score (nSPS) is 23.8. The zero-order valence-electron chi connectivity index (χ0n) is 10.6. The summed E-state index contributed by atoms with van der Waals surface area (Å²) in [6.45, 7) is 6.44. The van der Waals surface area contributed by atoms with E-state index >= 15 is 0 Å². The standard InChI is InChI=1S/C14H21ClN2/c1-14(2)11(10-16)4-3-9-17(14)13-7-5-12(15)6-8-13/h5-8,11H,3-4,9-10,16H2,1-2H3. The molecule has 1 aliphatic rings. The Kier molecular flexibility index (Phi) is 3.64. The highest BCUT2D eigenvalue weighted by Crippen LogP contribution is 2.36. The van der Waals surface area contributed by atoms with Crippen molar-refractivity contribution in [3.8, 4) is 0 Å². The van der Waals surface area contributed by atoms with Gasteiger partial charge in [-0.1, -0.05) is 11.6 Å². The lowest BCUT2D eigenvalue weighted by atomic mass is 9.79. The molecule has 2 N–H and O–H groups in total. The largest absolute Gasteiger partial charge is 0.366 e. The molecule has 1 aromatic rings. The smallest absolute Gasteiger partial charge is 0.0407 e. The number of nitrogens with two attached hydrogens (primary N) is 1. The summed E-state index contributed by atoms with van der Waals surface area (Å²) < 4.78 is 0. The second-order valence-electron chi connectivity index (χ2n) is 5.36. The Hall–Kier alpha value is -0.730. The fraction of sp³-hybridized carbons (Fsp3) is 0.571. The maximum Gasteiger partial charge on any atom is 0.0407 e. The number of anilines is 1. The summed E-state index contributed by atoms with van der Waals surface area (Å²) in [6.07, 6.45) is 2.45. The zero-order chi connectivity index (χ0) is 12.5. The molecule has 94 valence electrons. The summed E-state index contributed by atoms with van der Waals surface area (Å²) in [7, 11) is 0. The lowest BCUT2D eigenvalue weighted by molar-refractivity contribution is 0.245. The minimum Gasteiger partial charge on any atom is -0.366 e. The van der Waals surface area contributed by atoms with E-state index in [4.69, 9.17) is 17.3 Å². The van der Waals surface area contributed by atoms with Crippen LogP contribution in [0.25, 0.3) is 0 Å². The molecule has 0 aliphatic carbocycles. The minimum absolute atomic E-state index is 0.126. The van der Waals surface area contributed by atoms with Crippen LogP contribution in [0.4, 0.5) is 5.69 Å². The number of rotatable bonds is 2. The molecule has 0 radical (unpaired) electrons. The van der Waals surface area contributed by atoms with Crippen LogP contribution in [0.3, 0.4) is 0 Å². The molecule has 17 heavy (non-hydrogen) atoms. The third kappa shape index (κ3) is 2.43. The number of hydrogen-bond acceptors (Lipinski definition) is 2. The Bertz CT molecular complexity index is 372. The average Bonchev–Trinajstić information content (AvgIpc) is 2.30. The van der Waals surface area contributed by atoms with E-state index in [1.807, 2.05) is 12.1 Å². The molecule has 2 nitrogen and oxygen atoms in total. The van der Waals surface area contributed by atoms with E-state index in [-0.39, 0.29) is 5.54 Å². The lowest BCUT2D eigenvalue weighted by Crippen LogP contribution is -2.55. The molecule has 1 heterocycles. The van der Waals surface area contributed by atoms with E-state index in [0.717, 1.165) is 18.1 Å². The first-order valence-electron chi connectivity index (χ1n) is 6.29. The molecule has 3 heteroatoms. The van der Waals surface area contributed by atoms with E-state index in [1.54, 1.807) is 0 Å². The highest BCUT2D eigenvalue weighted by atomic mass is 35.5. The molecule has 0 spiro atoms. The highest BCUT2D eigenvalue weighted by molar-refractivity contribution is 6.30. The predicted molar refractivity (Wildman–Crippen MR) is 74.7 cm³/mol. The quantitative estimate of drug-likeness (QED) is 0.875. The maximum absolute atomic E-state index is 5.94. The minimum atomic E-state index is 0.126. The third-order valence-corrected chi connectivity index (χ3v) is 4.30. The summed E-state index contributed by atoms with van der Waals surface area (Å²) in [4.78, 5) is 2.46. The fourth-order valence-electron chi connectivity index (χ4n) is 2.85. The van der Waals surface area contributed by atoms with Crippen LogP contribution in [-0.4, -0.2) is 18.6 Å². The number of benzene rings is 1. The molecule has 0 amide bonds.